The molecule has 3 amide bonds. The topological polar surface area (TPSA) is 118 Å². The molecule has 1 rings (SSSR count). The summed E-state index contributed by atoms with van der Waals surface area (Å²) >= 11 is 2.82. The van der Waals surface area contributed by atoms with Crippen molar-refractivity contribution in [2.75, 3.05) is 46.0 Å². The first-order valence-electron chi connectivity index (χ1n) is 9.16. The van der Waals surface area contributed by atoms with Crippen LogP contribution in [0.5, 0.6) is 0 Å². The molecule has 12 heteroatoms. The number of amides is 3. The largest absolute Gasteiger partial charge is 0.444 e. The van der Waals surface area contributed by atoms with Gasteiger partial charge in [0.15, 0.2) is 0 Å². The fourth-order valence-electron chi connectivity index (χ4n) is 1.62. The van der Waals surface area contributed by atoms with Crippen molar-refractivity contribution in [3.05, 3.63) is 5.89 Å². The van der Waals surface area contributed by atoms with E-state index in [0.29, 0.717) is 17.5 Å². The van der Waals surface area contributed by atoms with Gasteiger partial charge in [0, 0.05) is 28.2 Å². The molecule has 1 N–H and O–H groups in total. The summed E-state index contributed by atoms with van der Waals surface area (Å²) in [5.74, 6) is 1.28. The van der Waals surface area contributed by atoms with Crippen LogP contribution < -0.4 is 5.32 Å². The van der Waals surface area contributed by atoms with Crippen LogP contribution in [-0.4, -0.2) is 90.0 Å². The van der Waals surface area contributed by atoms with E-state index in [1.807, 2.05) is 6.26 Å². The highest BCUT2D eigenvalue weighted by atomic mass is 32.2. The van der Waals surface area contributed by atoms with Gasteiger partial charge in [0.25, 0.3) is 5.22 Å². The van der Waals surface area contributed by atoms with Crippen molar-refractivity contribution in [3.8, 4) is 0 Å². The lowest BCUT2D eigenvalue weighted by Crippen LogP contribution is -2.35. The molecule has 0 saturated carbocycles. The van der Waals surface area contributed by atoms with Gasteiger partial charge < -0.3 is 24.3 Å². The van der Waals surface area contributed by atoms with E-state index in [2.05, 4.69) is 15.5 Å². The van der Waals surface area contributed by atoms with Crippen molar-refractivity contribution in [1.29, 1.82) is 0 Å². The average molecular weight is 464 g/mol. The van der Waals surface area contributed by atoms with Crippen molar-refractivity contribution >= 4 is 41.9 Å². The normalized spacial score (nSPS) is 11.6. The molecule has 1 atom stereocenters. The SMILES string of the molecule is CN(C)C=O.CSCCC(NC(=O)OC(C)(C)C)c1nnc(SCC(=O)N(C)C)o1. The Morgan fingerprint density at radius 1 is 1.23 bits per heavy atom. The minimum Gasteiger partial charge on any atom is -0.444 e. The minimum absolute atomic E-state index is 0.0458. The van der Waals surface area contributed by atoms with Gasteiger partial charge in [-0.1, -0.05) is 11.8 Å². The van der Waals surface area contributed by atoms with Gasteiger partial charge in [-0.25, -0.2) is 4.79 Å². The second-order valence-corrected chi connectivity index (χ2v) is 9.44. The maximum Gasteiger partial charge on any atom is 0.408 e. The van der Waals surface area contributed by atoms with Gasteiger partial charge in [0.1, 0.15) is 11.6 Å². The van der Waals surface area contributed by atoms with Gasteiger partial charge in [-0.15, -0.1) is 10.2 Å². The minimum atomic E-state index is -0.587. The Labute approximate surface area is 186 Å². The Kier molecular flexibility index (Phi) is 13.2. The quantitative estimate of drug-likeness (QED) is 0.434. The fraction of sp³-hybridized carbons (Fsp3) is 0.722. The number of aromatic nitrogens is 2. The third-order valence-electron chi connectivity index (χ3n) is 3.05. The van der Waals surface area contributed by atoms with Crippen molar-refractivity contribution in [3.63, 3.8) is 0 Å². The molecule has 1 aromatic rings. The summed E-state index contributed by atoms with van der Waals surface area (Å²) in [6, 6.07) is -0.436. The molecular weight excluding hydrogens is 430 g/mol. The molecule has 0 aliphatic carbocycles. The Balaban J connectivity index is 0.00000150. The molecule has 0 saturated heterocycles. The van der Waals surface area contributed by atoms with Crippen LogP contribution in [0.4, 0.5) is 4.79 Å². The number of ether oxygens (including phenoxy) is 1. The van der Waals surface area contributed by atoms with E-state index in [1.165, 1.54) is 21.6 Å². The van der Waals surface area contributed by atoms with Gasteiger partial charge in [-0.2, -0.15) is 11.8 Å². The van der Waals surface area contributed by atoms with Gasteiger partial charge in [-0.3, -0.25) is 9.59 Å². The number of thioether (sulfide) groups is 2. The maximum absolute atomic E-state index is 12.0. The van der Waals surface area contributed by atoms with Crippen LogP contribution in [0.3, 0.4) is 0 Å². The van der Waals surface area contributed by atoms with Crippen LogP contribution in [-0.2, 0) is 14.3 Å². The number of alkyl carbamates (subject to hydrolysis) is 1. The molecule has 10 nitrogen and oxygen atoms in total. The van der Waals surface area contributed by atoms with Crippen LogP contribution in [0.15, 0.2) is 9.64 Å². The smallest absolute Gasteiger partial charge is 0.408 e. The number of rotatable bonds is 9. The Hall–Kier alpha value is -1.95. The molecule has 0 spiro atoms. The first-order valence-corrected chi connectivity index (χ1v) is 11.5. The summed E-state index contributed by atoms with van der Waals surface area (Å²) in [6.07, 6.45) is 2.82. The highest BCUT2D eigenvalue weighted by Gasteiger charge is 2.24. The first-order chi connectivity index (χ1) is 13.9. The zero-order valence-corrected chi connectivity index (χ0v) is 20.6. The van der Waals surface area contributed by atoms with Gasteiger partial charge in [-0.05, 0) is 39.2 Å². The van der Waals surface area contributed by atoms with E-state index >= 15 is 0 Å². The number of hydrogen-bond acceptors (Lipinski definition) is 9. The molecule has 172 valence electrons. The van der Waals surface area contributed by atoms with Gasteiger partial charge in [0.05, 0.1) is 5.75 Å². The van der Waals surface area contributed by atoms with Gasteiger partial charge >= 0.3 is 6.09 Å². The number of hydrogen-bond donors (Lipinski definition) is 1. The van der Waals surface area contributed by atoms with Crippen molar-refractivity contribution in [2.45, 2.75) is 44.1 Å². The maximum atomic E-state index is 12.0. The summed E-state index contributed by atoms with van der Waals surface area (Å²) in [5, 5.41) is 11.0. The highest BCUT2D eigenvalue weighted by molar-refractivity contribution is 7.99. The lowest BCUT2D eigenvalue weighted by atomic mass is 10.2. The average Bonchev–Trinajstić information content (AvgIpc) is 3.10. The summed E-state index contributed by atoms with van der Waals surface area (Å²) in [5.41, 5.74) is -0.587. The zero-order chi connectivity index (χ0) is 23.3. The highest BCUT2D eigenvalue weighted by Crippen LogP contribution is 2.23. The van der Waals surface area contributed by atoms with Crippen LogP contribution in [0, 0.1) is 0 Å². The van der Waals surface area contributed by atoms with E-state index in [-0.39, 0.29) is 11.7 Å². The molecule has 1 aromatic heterocycles. The molecular formula is C18H33N5O5S2. The number of carbonyl (C=O) groups excluding carboxylic acids is 3. The first kappa shape index (κ1) is 28.1. The molecule has 1 heterocycles. The molecule has 1 unspecified atom stereocenters. The molecule has 30 heavy (non-hydrogen) atoms. The zero-order valence-electron chi connectivity index (χ0n) is 18.9. The Morgan fingerprint density at radius 2 is 1.83 bits per heavy atom. The van der Waals surface area contributed by atoms with Crippen LogP contribution in [0.1, 0.15) is 39.1 Å². The number of carbonyl (C=O) groups is 3. The van der Waals surface area contributed by atoms with Crippen molar-refractivity contribution in [2.24, 2.45) is 0 Å². The number of nitrogens with zero attached hydrogens (tertiary/aromatic N) is 4. The predicted molar refractivity (Wildman–Crippen MR) is 119 cm³/mol. The molecule has 0 bridgehead atoms. The molecule has 0 aromatic carbocycles. The third kappa shape index (κ3) is 13.3. The van der Waals surface area contributed by atoms with E-state index < -0.39 is 17.7 Å². The van der Waals surface area contributed by atoms with E-state index in [4.69, 9.17) is 9.15 Å². The molecule has 0 aliphatic rings. The molecule has 0 radical (unpaired) electrons. The lowest BCUT2D eigenvalue weighted by molar-refractivity contribution is -0.125. The van der Waals surface area contributed by atoms with Crippen molar-refractivity contribution < 1.29 is 23.5 Å². The van der Waals surface area contributed by atoms with E-state index in [1.54, 1.807) is 60.7 Å². The molecule has 0 fully saturated rings. The predicted octanol–water partition coefficient (Wildman–Crippen LogP) is 2.27. The summed E-state index contributed by atoms with van der Waals surface area (Å²) < 4.78 is 10.9. The summed E-state index contributed by atoms with van der Waals surface area (Å²) in [6.45, 7) is 5.39. The van der Waals surface area contributed by atoms with Crippen molar-refractivity contribution in [1.82, 2.24) is 25.3 Å². The Bertz CT molecular complexity index is 662. The summed E-state index contributed by atoms with van der Waals surface area (Å²) in [7, 11) is 6.75. The Morgan fingerprint density at radius 3 is 2.30 bits per heavy atom. The monoisotopic (exact) mass is 463 g/mol. The van der Waals surface area contributed by atoms with Gasteiger partial charge in [0.2, 0.25) is 18.2 Å². The lowest BCUT2D eigenvalue weighted by Gasteiger charge is -2.22. The van der Waals surface area contributed by atoms with Crippen LogP contribution in [0.25, 0.3) is 0 Å². The van der Waals surface area contributed by atoms with E-state index in [0.717, 1.165) is 12.2 Å². The summed E-state index contributed by atoms with van der Waals surface area (Å²) in [4.78, 5) is 36.0. The standard InChI is InChI=1S/C15H26N4O4S2.C3H7NO/c1-15(2,3)23-13(21)16-10(7-8-24-6)12-17-18-14(22-12)25-9-11(20)19(4)5;1-4(2)3-5/h10H,7-9H2,1-6H3,(H,16,21);3H,1-2H3. The third-order valence-corrected chi connectivity index (χ3v) is 4.50. The van der Waals surface area contributed by atoms with Crippen LogP contribution >= 0.6 is 23.5 Å². The fourth-order valence-corrected chi connectivity index (χ4v) is 2.83. The second-order valence-electron chi connectivity index (χ2n) is 7.53. The van der Waals surface area contributed by atoms with Crippen LogP contribution in [0.2, 0.25) is 0 Å². The number of nitrogens with one attached hydrogen (secondary N) is 1. The van der Waals surface area contributed by atoms with E-state index in [9.17, 15) is 14.4 Å². The molecule has 0 aliphatic heterocycles. The second kappa shape index (κ2) is 14.1.